The Bertz CT molecular complexity index is 432. The number of halogens is 3. The molecule has 0 fully saturated rings. The van der Waals surface area contributed by atoms with Gasteiger partial charge in [-0.25, -0.2) is 8.78 Å². The van der Waals surface area contributed by atoms with Crippen molar-refractivity contribution in [2.45, 2.75) is 19.3 Å². The molecule has 1 aromatic carbocycles. The molecule has 16 heavy (non-hydrogen) atoms. The molecule has 0 radical (unpaired) electrons. The molecule has 0 saturated heterocycles. The lowest BCUT2D eigenvalue weighted by atomic mass is 9.95. The van der Waals surface area contributed by atoms with Crippen LogP contribution in [-0.2, 0) is 4.79 Å². The topological polar surface area (TPSA) is 57.5 Å². The summed E-state index contributed by atoms with van der Waals surface area (Å²) in [5, 5.41) is 18.0. The van der Waals surface area contributed by atoms with E-state index in [2.05, 4.69) is 0 Å². The van der Waals surface area contributed by atoms with E-state index >= 15 is 0 Å². The van der Waals surface area contributed by atoms with Crippen LogP contribution >= 0.6 is 0 Å². The van der Waals surface area contributed by atoms with Crippen LogP contribution in [-0.4, -0.2) is 16.2 Å². The fourth-order valence-corrected chi connectivity index (χ4v) is 1.40. The minimum Gasteiger partial charge on any atom is -0.505 e. The Labute approximate surface area is 89.1 Å². The van der Waals surface area contributed by atoms with Gasteiger partial charge in [0.1, 0.15) is 0 Å². The van der Waals surface area contributed by atoms with Crippen molar-refractivity contribution in [2.24, 2.45) is 0 Å². The molecule has 6 heteroatoms. The lowest BCUT2D eigenvalue weighted by Gasteiger charge is -2.13. The van der Waals surface area contributed by atoms with Gasteiger partial charge >= 0.3 is 5.97 Å². The Morgan fingerprint density at radius 2 is 1.94 bits per heavy atom. The first-order valence-electron chi connectivity index (χ1n) is 4.49. The van der Waals surface area contributed by atoms with E-state index in [1.807, 2.05) is 0 Å². The van der Waals surface area contributed by atoms with Crippen molar-refractivity contribution in [3.8, 4) is 5.75 Å². The van der Waals surface area contributed by atoms with Crippen LogP contribution in [0, 0.1) is 17.5 Å². The maximum Gasteiger partial charge on any atom is 0.311 e. The second kappa shape index (κ2) is 4.42. The number of phenolic OH excluding ortho intramolecular Hbond substituents is 1. The van der Waals surface area contributed by atoms with Crippen molar-refractivity contribution in [3.63, 3.8) is 0 Å². The second-order valence-electron chi connectivity index (χ2n) is 3.22. The van der Waals surface area contributed by atoms with Crippen LogP contribution in [0.3, 0.4) is 0 Å². The fraction of sp³-hybridized carbons (Fsp3) is 0.300. The number of aromatic hydroxyl groups is 1. The van der Waals surface area contributed by atoms with Crippen molar-refractivity contribution in [1.29, 1.82) is 0 Å². The molecule has 0 saturated carbocycles. The molecular weight excluding hydrogens is 225 g/mol. The largest absolute Gasteiger partial charge is 0.505 e. The lowest BCUT2D eigenvalue weighted by molar-refractivity contribution is -0.138. The smallest absolute Gasteiger partial charge is 0.311 e. The molecule has 0 aromatic heterocycles. The summed E-state index contributed by atoms with van der Waals surface area (Å²) in [5.74, 6) is -8.89. The average molecular weight is 234 g/mol. The highest BCUT2D eigenvalue weighted by Gasteiger charge is 2.26. The van der Waals surface area contributed by atoms with Gasteiger partial charge in [-0.05, 0) is 12.5 Å². The predicted octanol–water partition coefficient (Wildman–Crippen LogP) is 2.39. The van der Waals surface area contributed by atoms with E-state index in [0.717, 1.165) is 0 Å². The summed E-state index contributed by atoms with van der Waals surface area (Å²) in [7, 11) is 0. The van der Waals surface area contributed by atoms with Gasteiger partial charge in [0.05, 0.1) is 5.92 Å². The van der Waals surface area contributed by atoms with E-state index in [4.69, 9.17) is 5.11 Å². The molecule has 2 N–H and O–H groups in total. The highest BCUT2D eigenvalue weighted by molar-refractivity contribution is 5.77. The van der Waals surface area contributed by atoms with Gasteiger partial charge in [0.25, 0.3) is 0 Å². The van der Waals surface area contributed by atoms with Gasteiger partial charge in [0.15, 0.2) is 17.4 Å². The molecule has 0 bridgehead atoms. The highest BCUT2D eigenvalue weighted by Crippen LogP contribution is 2.33. The number of rotatable bonds is 3. The van der Waals surface area contributed by atoms with Crippen LogP contribution in [0.1, 0.15) is 24.8 Å². The number of carboxylic acid groups (broad SMARTS) is 1. The molecule has 1 rings (SSSR count). The van der Waals surface area contributed by atoms with Crippen molar-refractivity contribution >= 4 is 5.97 Å². The Balaban J connectivity index is 3.39. The summed E-state index contributed by atoms with van der Waals surface area (Å²) in [6.07, 6.45) is 0.0212. The van der Waals surface area contributed by atoms with Crippen molar-refractivity contribution in [2.75, 3.05) is 0 Å². The Kier molecular flexibility index (Phi) is 3.41. The molecule has 0 aliphatic carbocycles. The van der Waals surface area contributed by atoms with Gasteiger partial charge in [0, 0.05) is 5.56 Å². The van der Waals surface area contributed by atoms with Crippen LogP contribution in [0.4, 0.5) is 13.2 Å². The lowest BCUT2D eigenvalue weighted by Crippen LogP contribution is -2.12. The van der Waals surface area contributed by atoms with Crippen LogP contribution in [0.25, 0.3) is 0 Å². The van der Waals surface area contributed by atoms with E-state index in [-0.39, 0.29) is 6.42 Å². The molecule has 0 heterocycles. The summed E-state index contributed by atoms with van der Waals surface area (Å²) in [4.78, 5) is 10.7. The first-order valence-corrected chi connectivity index (χ1v) is 4.49. The molecule has 0 spiro atoms. The van der Waals surface area contributed by atoms with Crippen LogP contribution in [0.2, 0.25) is 0 Å². The molecule has 3 nitrogen and oxygen atoms in total. The highest BCUT2D eigenvalue weighted by atomic mass is 19.2. The third-order valence-electron chi connectivity index (χ3n) is 2.25. The van der Waals surface area contributed by atoms with Crippen LogP contribution < -0.4 is 0 Å². The molecule has 1 unspecified atom stereocenters. The van der Waals surface area contributed by atoms with Crippen molar-refractivity contribution < 1.29 is 28.2 Å². The summed E-state index contributed by atoms with van der Waals surface area (Å²) >= 11 is 0. The van der Waals surface area contributed by atoms with Gasteiger partial charge in [-0.15, -0.1) is 0 Å². The molecular formula is C10H9F3O3. The SMILES string of the molecule is CCC(C(=O)O)c1cc(F)c(F)c(F)c1O. The van der Waals surface area contributed by atoms with E-state index in [9.17, 15) is 23.1 Å². The zero-order valence-electron chi connectivity index (χ0n) is 8.30. The minimum atomic E-state index is -1.82. The third-order valence-corrected chi connectivity index (χ3v) is 2.25. The minimum absolute atomic E-state index is 0.0212. The maximum absolute atomic E-state index is 13.0. The number of carbonyl (C=O) groups is 1. The van der Waals surface area contributed by atoms with Crippen LogP contribution in [0.15, 0.2) is 6.07 Å². The Hall–Kier alpha value is -1.72. The monoisotopic (exact) mass is 234 g/mol. The molecule has 88 valence electrons. The zero-order valence-corrected chi connectivity index (χ0v) is 8.30. The summed E-state index contributed by atoms with van der Waals surface area (Å²) in [6.45, 7) is 1.47. The first kappa shape index (κ1) is 12.4. The Morgan fingerprint density at radius 3 is 2.38 bits per heavy atom. The first-order chi connectivity index (χ1) is 7.40. The maximum atomic E-state index is 13.0. The predicted molar refractivity (Wildman–Crippen MR) is 48.6 cm³/mol. The number of hydrogen-bond acceptors (Lipinski definition) is 2. The van der Waals surface area contributed by atoms with E-state index in [1.54, 1.807) is 0 Å². The number of benzene rings is 1. The normalized spacial score (nSPS) is 12.5. The average Bonchev–Trinajstić information content (AvgIpc) is 2.23. The Morgan fingerprint density at radius 1 is 1.38 bits per heavy atom. The molecule has 1 atom stereocenters. The molecule has 0 aliphatic heterocycles. The van der Waals surface area contributed by atoms with E-state index in [0.29, 0.717) is 6.07 Å². The van der Waals surface area contributed by atoms with E-state index < -0.39 is 40.7 Å². The number of phenols is 1. The van der Waals surface area contributed by atoms with Gasteiger partial charge < -0.3 is 10.2 Å². The van der Waals surface area contributed by atoms with E-state index in [1.165, 1.54) is 6.92 Å². The summed E-state index contributed by atoms with van der Waals surface area (Å²) in [5.41, 5.74) is -0.466. The second-order valence-corrected chi connectivity index (χ2v) is 3.22. The summed E-state index contributed by atoms with van der Waals surface area (Å²) in [6, 6.07) is 0.496. The number of hydrogen-bond donors (Lipinski definition) is 2. The van der Waals surface area contributed by atoms with Crippen molar-refractivity contribution in [1.82, 2.24) is 0 Å². The van der Waals surface area contributed by atoms with Crippen molar-refractivity contribution in [3.05, 3.63) is 29.1 Å². The van der Waals surface area contributed by atoms with Gasteiger partial charge in [-0.2, -0.15) is 4.39 Å². The fourth-order valence-electron chi connectivity index (χ4n) is 1.40. The van der Waals surface area contributed by atoms with Gasteiger partial charge in [0.2, 0.25) is 5.82 Å². The molecule has 0 amide bonds. The third kappa shape index (κ3) is 1.95. The number of aliphatic carboxylic acids is 1. The molecule has 1 aromatic rings. The number of carboxylic acids is 1. The van der Waals surface area contributed by atoms with Crippen LogP contribution in [0.5, 0.6) is 5.75 Å². The van der Waals surface area contributed by atoms with Gasteiger partial charge in [-0.1, -0.05) is 6.92 Å². The quantitative estimate of drug-likeness (QED) is 0.789. The van der Waals surface area contributed by atoms with Gasteiger partial charge in [-0.3, -0.25) is 4.79 Å². The zero-order chi connectivity index (χ0) is 12.5. The molecule has 0 aliphatic rings. The standard InChI is InChI=1S/C10H9F3O3/c1-2-4(10(15)16)5-3-6(11)7(12)8(13)9(5)14/h3-4,14H,2H2,1H3,(H,15,16). The summed E-state index contributed by atoms with van der Waals surface area (Å²) < 4.78 is 38.5.